The van der Waals surface area contributed by atoms with Crippen LogP contribution in [0.4, 0.5) is 11.4 Å². The van der Waals surface area contributed by atoms with E-state index >= 15 is 0 Å². The minimum Gasteiger partial charge on any atom is -0.453 e. The molecule has 274 valence electrons. The molecule has 5 heterocycles. The standard InChI is InChI=1S/C51H33N5O2/c1-51-27-26-35(29-38(51)36-20-13-23-44-47(36)56(51)41-21-11-12-22-43(41)57-44)34-24-25-42-37(28-34)45-46(54-48(55-50(45)58-42)33-18-9-4-10-19-33)49-52-39(31-14-5-2-6-15-31)30-40(53-49)32-16-7-3-8-17-32/h2-26,28-30H,27H2,1H3. The molecule has 9 aromatic rings. The topological polar surface area (TPSA) is 77.2 Å². The zero-order chi connectivity index (χ0) is 38.4. The molecule has 0 fully saturated rings. The van der Waals surface area contributed by atoms with Gasteiger partial charge >= 0.3 is 0 Å². The lowest BCUT2D eigenvalue weighted by Gasteiger charge is -2.42. The maximum Gasteiger partial charge on any atom is 0.231 e. The summed E-state index contributed by atoms with van der Waals surface area (Å²) < 4.78 is 13.0. The molecule has 1 unspecified atom stereocenters. The second kappa shape index (κ2) is 12.4. The predicted molar refractivity (Wildman–Crippen MR) is 231 cm³/mol. The van der Waals surface area contributed by atoms with E-state index in [0.29, 0.717) is 23.1 Å². The average Bonchev–Trinajstić information content (AvgIpc) is 3.79. The van der Waals surface area contributed by atoms with Gasteiger partial charge in [0.25, 0.3) is 0 Å². The largest absolute Gasteiger partial charge is 0.453 e. The van der Waals surface area contributed by atoms with Gasteiger partial charge in [-0.1, -0.05) is 127 Å². The Kier molecular flexibility index (Phi) is 6.99. The number of para-hydroxylation sites is 3. The summed E-state index contributed by atoms with van der Waals surface area (Å²) in [4.78, 5) is 23.2. The molecule has 0 N–H and O–H groups in total. The Morgan fingerprint density at radius 1 is 0.586 bits per heavy atom. The Balaban J connectivity index is 1.05. The normalized spacial score (nSPS) is 16.3. The van der Waals surface area contributed by atoms with Crippen molar-refractivity contribution in [2.45, 2.75) is 18.9 Å². The number of benzene rings is 6. The smallest absolute Gasteiger partial charge is 0.231 e. The predicted octanol–water partition coefficient (Wildman–Crippen LogP) is 12.7. The van der Waals surface area contributed by atoms with Crippen LogP contribution >= 0.6 is 0 Å². The zero-order valence-electron chi connectivity index (χ0n) is 31.4. The molecule has 0 spiro atoms. The van der Waals surface area contributed by atoms with Crippen LogP contribution in [0.15, 0.2) is 174 Å². The van der Waals surface area contributed by atoms with Gasteiger partial charge in [-0.2, -0.15) is 4.98 Å². The summed E-state index contributed by atoms with van der Waals surface area (Å²) in [6, 6.07) is 53.6. The molecule has 7 heteroatoms. The maximum absolute atomic E-state index is 6.60. The summed E-state index contributed by atoms with van der Waals surface area (Å²) in [5, 5.41) is 1.68. The molecule has 58 heavy (non-hydrogen) atoms. The number of rotatable bonds is 5. The molecule has 1 atom stereocenters. The molecule has 0 saturated carbocycles. The fourth-order valence-corrected chi connectivity index (χ4v) is 8.90. The van der Waals surface area contributed by atoms with Crippen LogP contribution in [0.1, 0.15) is 24.5 Å². The number of allylic oxidation sites excluding steroid dienone is 2. The van der Waals surface area contributed by atoms with Crippen molar-refractivity contribution >= 4 is 44.6 Å². The lowest BCUT2D eigenvalue weighted by molar-refractivity contribution is 0.462. The third-order valence-corrected chi connectivity index (χ3v) is 11.7. The van der Waals surface area contributed by atoms with E-state index in [1.54, 1.807) is 0 Å². The van der Waals surface area contributed by atoms with Crippen molar-refractivity contribution in [2.24, 2.45) is 0 Å². The molecular formula is C51H33N5O2. The van der Waals surface area contributed by atoms with E-state index in [1.807, 2.05) is 84.9 Å². The van der Waals surface area contributed by atoms with Crippen LogP contribution < -0.4 is 9.64 Å². The Hall–Kier alpha value is -7.64. The van der Waals surface area contributed by atoms with Crippen molar-refractivity contribution in [1.82, 2.24) is 19.9 Å². The molecule has 0 saturated heterocycles. The van der Waals surface area contributed by atoms with Crippen molar-refractivity contribution < 1.29 is 9.15 Å². The van der Waals surface area contributed by atoms with Crippen molar-refractivity contribution in [3.63, 3.8) is 0 Å². The molecule has 2 aliphatic heterocycles. The van der Waals surface area contributed by atoms with E-state index < -0.39 is 0 Å². The first-order valence-electron chi connectivity index (χ1n) is 19.5. The van der Waals surface area contributed by atoms with Gasteiger partial charge in [-0.15, -0.1) is 0 Å². The number of fused-ring (bicyclic) bond motifs is 8. The van der Waals surface area contributed by atoms with E-state index in [2.05, 4.69) is 96.8 Å². The summed E-state index contributed by atoms with van der Waals surface area (Å²) in [7, 11) is 0. The summed E-state index contributed by atoms with van der Waals surface area (Å²) >= 11 is 0. The second-order valence-corrected chi connectivity index (χ2v) is 15.2. The first kappa shape index (κ1) is 32.6. The number of anilines is 2. The third-order valence-electron chi connectivity index (χ3n) is 11.7. The molecule has 1 aliphatic carbocycles. The Labute approximate surface area is 334 Å². The maximum atomic E-state index is 6.60. The highest BCUT2D eigenvalue weighted by Crippen LogP contribution is 2.62. The van der Waals surface area contributed by atoms with Crippen LogP contribution in [0.25, 0.3) is 78.6 Å². The fraction of sp³-hybridized carbons (Fsp3) is 0.0588. The molecule has 3 aromatic heterocycles. The molecule has 12 rings (SSSR count). The molecule has 7 nitrogen and oxygen atoms in total. The van der Waals surface area contributed by atoms with Gasteiger partial charge in [0.05, 0.1) is 33.7 Å². The van der Waals surface area contributed by atoms with E-state index in [9.17, 15) is 0 Å². The van der Waals surface area contributed by atoms with Gasteiger partial charge in [0.2, 0.25) is 5.71 Å². The quantitative estimate of drug-likeness (QED) is 0.173. The van der Waals surface area contributed by atoms with E-state index in [-0.39, 0.29) is 5.54 Å². The average molecular weight is 748 g/mol. The highest BCUT2D eigenvalue weighted by Gasteiger charge is 2.49. The van der Waals surface area contributed by atoms with E-state index in [1.165, 1.54) is 11.1 Å². The lowest BCUT2D eigenvalue weighted by atomic mass is 9.80. The minimum atomic E-state index is -0.277. The van der Waals surface area contributed by atoms with Gasteiger partial charge in [-0.05, 0) is 72.5 Å². The van der Waals surface area contributed by atoms with Crippen molar-refractivity contribution in [3.05, 3.63) is 181 Å². The number of nitrogens with zero attached hydrogens (tertiary/aromatic N) is 5. The van der Waals surface area contributed by atoms with Gasteiger partial charge in [0.1, 0.15) is 11.3 Å². The van der Waals surface area contributed by atoms with Crippen LogP contribution in [0.5, 0.6) is 11.5 Å². The lowest BCUT2D eigenvalue weighted by Crippen LogP contribution is -2.41. The van der Waals surface area contributed by atoms with Gasteiger partial charge in [0, 0.05) is 27.6 Å². The van der Waals surface area contributed by atoms with Crippen molar-refractivity contribution in [2.75, 3.05) is 4.90 Å². The Bertz CT molecular complexity index is 3130. The highest BCUT2D eigenvalue weighted by molar-refractivity contribution is 6.12. The summed E-state index contributed by atoms with van der Waals surface area (Å²) in [6.45, 7) is 2.34. The first-order valence-corrected chi connectivity index (χ1v) is 19.5. The fourth-order valence-electron chi connectivity index (χ4n) is 8.90. The Morgan fingerprint density at radius 2 is 1.26 bits per heavy atom. The van der Waals surface area contributed by atoms with Crippen LogP contribution in [0.2, 0.25) is 0 Å². The number of aromatic nitrogens is 4. The first-order chi connectivity index (χ1) is 28.6. The summed E-state index contributed by atoms with van der Waals surface area (Å²) in [5.41, 5.74) is 12.9. The highest BCUT2D eigenvalue weighted by atomic mass is 16.5. The molecule has 0 amide bonds. The monoisotopic (exact) mass is 747 g/mol. The van der Waals surface area contributed by atoms with Crippen LogP contribution in [-0.2, 0) is 0 Å². The van der Waals surface area contributed by atoms with Crippen molar-refractivity contribution in [3.8, 4) is 56.9 Å². The van der Waals surface area contributed by atoms with Gasteiger partial charge < -0.3 is 14.1 Å². The van der Waals surface area contributed by atoms with Gasteiger partial charge in [-0.25, -0.2) is 15.0 Å². The van der Waals surface area contributed by atoms with E-state index in [4.69, 9.17) is 29.1 Å². The Morgan fingerprint density at radius 3 is 2.00 bits per heavy atom. The van der Waals surface area contributed by atoms with Gasteiger partial charge in [-0.3, -0.25) is 0 Å². The van der Waals surface area contributed by atoms with Crippen LogP contribution in [0.3, 0.4) is 0 Å². The van der Waals surface area contributed by atoms with Gasteiger partial charge in [0.15, 0.2) is 23.1 Å². The SMILES string of the molecule is CC12CC=C(c3ccc4oc5nc(-c6ccccc6)nc(-c6nc(-c7ccccc7)cc(-c7ccccc7)n6)c5c4c3)C=C1c1cccc3c1N2c1ccccc1O3. The molecule has 0 radical (unpaired) electrons. The molecule has 3 aliphatic rings. The molecular weight excluding hydrogens is 715 g/mol. The summed E-state index contributed by atoms with van der Waals surface area (Å²) in [6.07, 6.45) is 5.53. The third kappa shape index (κ3) is 4.93. The zero-order valence-corrected chi connectivity index (χ0v) is 31.4. The van der Waals surface area contributed by atoms with Crippen LogP contribution in [-0.4, -0.2) is 25.5 Å². The number of ether oxygens (including phenoxy) is 1. The molecule has 0 bridgehead atoms. The molecule has 6 aromatic carbocycles. The van der Waals surface area contributed by atoms with Crippen LogP contribution in [0, 0.1) is 0 Å². The number of hydrogen-bond acceptors (Lipinski definition) is 7. The summed E-state index contributed by atoms with van der Waals surface area (Å²) in [5.74, 6) is 2.81. The van der Waals surface area contributed by atoms with Crippen molar-refractivity contribution in [1.29, 1.82) is 0 Å². The second-order valence-electron chi connectivity index (χ2n) is 15.2. The number of furan rings is 1. The van der Waals surface area contributed by atoms with E-state index in [0.717, 1.165) is 84.9 Å². The minimum absolute atomic E-state index is 0.277. The number of hydrogen-bond donors (Lipinski definition) is 0.